The van der Waals surface area contributed by atoms with Gasteiger partial charge in [-0.15, -0.1) is 11.3 Å². The van der Waals surface area contributed by atoms with Crippen LogP contribution in [0.25, 0.3) is 0 Å². The van der Waals surface area contributed by atoms with E-state index in [1.165, 1.54) is 12.0 Å². The standard InChI is InChI=1S/C14H21NO2S/c1-11-5-7-14(8-6-11,13(16)17-2)15-10-12-4-3-9-18-12/h3-4,9,11,15H,5-8,10H2,1-2H3. The van der Waals surface area contributed by atoms with Gasteiger partial charge in [-0.2, -0.15) is 0 Å². The molecular formula is C14H21NO2S. The van der Waals surface area contributed by atoms with E-state index in [4.69, 9.17) is 4.74 Å². The normalized spacial score (nSPS) is 28.0. The van der Waals surface area contributed by atoms with Gasteiger partial charge in [-0.05, 0) is 43.0 Å². The fraction of sp³-hybridized carbons (Fsp3) is 0.643. The minimum atomic E-state index is -0.467. The number of ether oxygens (including phenoxy) is 1. The third kappa shape index (κ3) is 2.93. The van der Waals surface area contributed by atoms with E-state index in [0.29, 0.717) is 5.92 Å². The molecule has 4 heteroatoms. The number of rotatable bonds is 4. The maximum atomic E-state index is 12.1. The van der Waals surface area contributed by atoms with Gasteiger partial charge in [-0.1, -0.05) is 13.0 Å². The second-order valence-corrected chi connectivity index (χ2v) is 6.22. The largest absolute Gasteiger partial charge is 0.468 e. The van der Waals surface area contributed by atoms with Crippen LogP contribution in [0.1, 0.15) is 37.5 Å². The molecule has 0 unspecified atom stereocenters. The summed E-state index contributed by atoms with van der Waals surface area (Å²) in [4.78, 5) is 13.3. The molecule has 0 bridgehead atoms. The second-order valence-electron chi connectivity index (χ2n) is 5.19. The van der Waals surface area contributed by atoms with E-state index in [1.54, 1.807) is 11.3 Å². The predicted octanol–water partition coefficient (Wildman–Crippen LogP) is 2.96. The van der Waals surface area contributed by atoms with Gasteiger partial charge in [0.05, 0.1) is 7.11 Å². The number of carbonyl (C=O) groups is 1. The van der Waals surface area contributed by atoms with Gasteiger partial charge in [0.15, 0.2) is 0 Å². The summed E-state index contributed by atoms with van der Waals surface area (Å²) >= 11 is 1.72. The van der Waals surface area contributed by atoms with E-state index in [2.05, 4.69) is 23.7 Å². The van der Waals surface area contributed by atoms with Crippen molar-refractivity contribution >= 4 is 17.3 Å². The Morgan fingerprint density at radius 3 is 2.83 bits per heavy atom. The Bertz CT molecular complexity index is 381. The van der Waals surface area contributed by atoms with E-state index in [9.17, 15) is 4.79 Å². The third-order valence-corrected chi connectivity index (χ3v) is 4.76. The summed E-state index contributed by atoms with van der Waals surface area (Å²) in [5.74, 6) is 0.609. The van der Waals surface area contributed by atoms with Gasteiger partial charge in [0.25, 0.3) is 0 Å². The maximum absolute atomic E-state index is 12.1. The molecule has 18 heavy (non-hydrogen) atoms. The van der Waals surface area contributed by atoms with Crippen molar-refractivity contribution in [2.75, 3.05) is 7.11 Å². The van der Waals surface area contributed by atoms with E-state index >= 15 is 0 Å². The van der Waals surface area contributed by atoms with Crippen molar-refractivity contribution in [2.45, 2.75) is 44.7 Å². The van der Waals surface area contributed by atoms with Crippen LogP contribution in [-0.4, -0.2) is 18.6 Å². The first-order chi connectivity index (χ1) is 8.66. The lowest BCUT2D eigenvalue weighted by molar-refractivity contribution is -0.150. The van der Waals surface area contributed by atoms with Gasteiger partial charge in [0.2, 0.25) is 0 Å². The van der Waals surface area contributed by atoms with Gasteiger partial charge < -0.3 is 4.74 Å². The van der Waals surface area contributed by atoms with Crippen molar-refractivity contribution in [3.63, 3.8) is 0 Å². The van der Waals surface area contributed by atoms with Crippen LogP contribution in [-0.2, 0) is 16.1 Å². The lowest BCUT2D eigenvalue weighted by Gasteiger charge is -2.37. The van der Waals surface area contributed by atoms with Crippen LogP contribution >= 0.6 is 11.3 Å². The fourth-order valence-electron chi connectivity index (χ4n) is 2.57. The third-order valence-electron chi connectivity index (χ3n) is 3.89. The summed E-state index contributed by atoms with van der Waals surface area (Å²) in [7, 11) is 1.48. The van der Waals surface area contributed by atoms with Crippen LogP contribution in [0.2, 0.25) is 0 Å². The molecule has 1 aromatic rings. The van der Waals surface area contributed by atoms with Gasteiger partial charge >= 0.3 is 5.97 Å². The maximum Gasteiger partial charge on any atom is 0.326 e. The number of carbonyl (C=O) groups excluding carboxylic acids is 1. The molecule has 3 nitrogen and oxygen atoms in total. The van der Waals surface area contributed by atoms with Crippen molar-refractivity contribution in [3.8, 4) is 0 Å². The van der Waals surface area contributed by atoms with Crippen molar-refractivity contribution in [3.05, 3.63) is 22.4 Å². The molecule has 0 aliphatic heterocycles. The Labute approximate surface area is 113 Å². The van der Waals surface area contributed by atoms with Crippen molar-refractivity contribution in [2.24, 2.45) is 5.92 Å². The molecule has 100 valence electrons. The monoisotopic (exact) mass is 267 g/mol. The van der Waals surface area contributed by atoms with Crippen LogP contribution < -0.4 is 5.32 Å². The highest BCUT2D eigenvalue weighted by molar-refractivity contribution is 7.09. The van der Waals surface area contributed by atoms with E-state index in [1.807, 2.05) is 6.07 Å². The summed E-state index contributed by atoms with van der Waals surface area (Å²) < 4.78 is 5.00. The molecule has 0 radical (unpaired) electrons. The van der Waals surface area contributed by atoms with Crippen LogP contribution in [0.3, 0.4) is 0 Å². The average molecular weight is 267 g/mol. The van der Waals surface area contributed by atoms with Gasteiger partial charge in [0, 0.05) is 11.4 Å². The molecule has 0 aromatic carbocycles. The lowest BCUT2D eigenvalue weighted by atomic mass is 9.77. The Kier molecular flexibility index (Phi) is 4.40. The van der Waals surface area contributed by atoms with Crippen LogP contribution in [0.5, 0.6) is 0 Å². The highest BCUT2D eigenvalue weighted by Gasteiger charge is 2.41. The molecule has 1 aromatic heterocycles. The first-order valence-electron chi connectivity index (χ1n) is 6.52. The zero-order valence-corrected chi connectivity index (χ0v) is 11.9. The number of methoxy groups -OCH3 is 1. The van der Waals surface area contributed by atoms with Crippen molar-refractivity contribution in [1.29, 1.82) is 0 Å². The number of hydrogen-bond acceptors (Lipinski definition) is 4. The van der Waals surface area contributed by atoms with Gasteiger partial charge in [-0.25, -0.2) is 0 Å². The molecule has 0 saturated heterocycles. The highest BCUT2D eigenvalue weighted by atomic mass is 32.1. The Hall–Kier alpha value is -0.870. The second kappa shape index (κ2) is 5.85. The summed E-state index contributed by atoms with van der Waals surface area (Å²) in [5, 5.41) is 5.50. The number of nitrogens with one attached hydrogen (secondary N) is 1. The molecule has 1 N–H and O–H groups in total. The highest BCUT2D eigenvalue weighted by Crippen LogP contribution is 2.33. The van der Waals surface area contributed by atoms with Crippen LogP contribution in [0, 0.1) is 5.92 Å². The van der Waals surface area contributed by atoms with Crippen molar-refractivity contribution in [1.82, 2.24) is 5.32 Å². The smallest absolute Gasteiger partial charge is 0.326 e. The van der Waals surface area contributed by atoms with Crippen LogP contribution in [0.4, 0.5) is 0 Å². The number of thiophene rings is 1. The molecule has 0 spiro atoms. The molecule has 0 atom stereocenters. The zero-order chi connectivity index (χ0) is 13.0. The van der Waals surface area contributed by atoms with Gasteiger partial charge in [0.1, 0.15) is 5.54 Å². The minimum absolute atomic E-state index is 0.106. The number of hydrogen-bond donors (Lipinski definition) is 1. The molecule has 2 rings (SSSR count). The Balaban J connectivity index is 2.03. The summed E-state index contributed by atoms with van der Waals surface area (Å²) in [6.07, 6.45) is 3.94. The summed E-state index contributed by atoms with van der Waals surface area (Å²) in [6, 6.07) is 4.13. The van der Waals surface area contributed by atoms with Crippen molar-refractivity contribution < 1.29 is 9.53 Å². The molecule has 0 amide bonds. The molecular weight excluding hydrogens is 246 g/mol. The lowest BCUT2D eigenvalue weighted by Crippen LogP contribution is -2.54. The topological polar surface area (TPSA) is 38.3 Å². The zero-order valence-electron chi connectivity index (χ0n) is 11.1. The summed E-state index contributed by atoms with van der Waals surface area (Å²) in [6.45, 7) is 3.00. The minimum Gasteiger partial charge on any atom is -0.468 e. The first kappa shape index (κ1) is 13.6. The molecule has 1 aliphatic rings. The van der Waals surface area contributed by atoms with E-state index in [-0.39, 0.29) is 5.97 Å². The van der Waals surface area contributed by atoms with E-state index < -0.39 is 5.54 Å². The van der Waals surface area contributed by atoms with E-state index in [0.717, 1.165) is 32.2 Å². The number of esters is 1. The molecule has 1 saturated carbocycles. The Morgan fingerprint density at radius 1 is 1.56 bits per heavy atom. The summed E-state index contributed by atoms with van der Waals surface area (Å²) in [5.41, 5.74) is -0.467. The van der Waals surface area contributed by atoms with Gasteiger partial charge in [-0.3, -0.25) is 10.1 Å². The fourth-order valence-corrected chi connectivity index (χ4v) is 3.22. The molecule has 1 aliphatic carbocycles. The molecule has 1 heterocycles. The average Bonchev–Trinajstić information content (AvgIpc) is 2.91. The van der Waals surface area contributed by atoms with Crippen LogP contribution in [0.15, 0.2) is 17.5 Å². The quantitative estimate of drug-likeness (QED) is 0.852. The SMILES string of the molecule is COC(=O)C1(NCc2cccs2)CCC(C)CC1. The first-order valence-corrected chi connectivity index (χ1v) is 7.40. The predicted molar refractivity (Wildman–Crippen MR) is 73.5 cm³/mol. The molecule has 1 fully saturated rings. The Morgan fingerprint density at radius 2 is 2.28 bits per heavy atom.